The lowest BCUT2D eigenvalue weighted by Crippen LogP contribution is -2.48. The average Bonchev–Trinajstić information content (AvgIpc) is 3.08. The number of aromatic nitrogens is 3. The van der Waals surface area contributed by atoms with Gasteiger partial charge < -0.3 is 10.6 Å². The highest BCUT2D eigenvalue weighted by atomic mass is 19.2. The van der Waals surface area contributed by atoms with Crippen LogP contribution in [0.4, 0.5) is 8.78 Å². The number of nitrogens with one attached hydrogen (secondary N) is 2. The van der Waals surface area contributed by atoms with Gasteiger partial charge in [-0.25, -0.2) is 13.8 Å². The normalized spacial score (nSPS) is 16.5. The fourth-order valence-electron chi connectivity index (χ4n) is 3.16. The molecule has 1 aromatic heterocycles. The topological polar surface area (TPSA) is 70.4 Å². The molecule has 0 spiro atoms. The number of halogens is 2. The molecule has 1 fully saturated rings. The van der Waals surface area contributed by atoms with Crippen LogP contribution in [-0.4, -0.2) is 51.8 Å². The molecule has 0 atom stereocenters. The van der Waals surface area contributed by atoms with Crippen LogP contribution < -0.4 is 10.6 Å². The minimum Gasteiger partial charge on any atom is -0.354 e. The molecule has 2 heterocycles. The van der Waals surface area contributed by atoms with E-state index < -0.39 is 11.6 Å². The first-order valence-corrected chi connectivity index (χ1v) is 9.01. The van der Waals surface area contributed by atoms with Crippen molar-refractivity contribution in [3.63, 3.8) is 0 Å². The summed E-state index contributed by atoms with van der Waals surface area (Å²) in [6.45, 7) is 2.95. The highest BCUT2D eigenvalue weighted by molar-refractivity contribution is 5.79. The summed E-state index contributed by atoms with van der Waals surface area (Å²) in [4.78, 5) is 10.7. The second-order valence-electron chi connectivity index (χ2n) is 6.67. The Balaban J connectivity index is 1.44. The predicted molar refractivity (Wildman–Crippen MR) is 99.0 cm³/mol. The summed E-state index contributed by atoms with van der Waals surface area (Å²) < 4.78 is 28.1. The van der Waals surface area contributed by atoms with E-state index in [1.54, 1.807) is 17.8 Å². The zero-order valence-electron chi connectivity index (χ0n) is 15.6. The lowest BCUT2D eigenvalue weighted by molar-refractivity contribution is 0.198. The minimum absolute atomic E-state index is 0.317. The minimum atomic E-state index is -0.804. The molecule has 0 saturated carbocycles. The molecule has 9 heteroatoms. The van der Waals surface area contributed by atoms with Crippen molar-refractivity contribution >= 4 is 5.96 Å². The van der Waals surface area contributed by atoms with Crippen LogP contribution in [0.5, 0.6) is 0 Å². The first-order chi connectivity index (χ1) is 13.0. The van der Waals surface area contributed by atoms with Gasteiger partial charge in [0.15, 0.2) is 17.6 Å². The maximum absolute atomic E-state index is 13.3. The zero-order chi connectivity index (χ0) is 19.2. The van der Waals surface area contributed by atoms with Crippen molar-refractivity contribution in [1.29, 1.82) is 0 Å². The van der Waals surface area contributed by atoms with E-state index in [4.69, 9.17) is 0 Å². The molecule has 1 aliphatic rings. The van der Waals surface area contributed by atoms with Crippen LogP contribution in [0.15, 0.2) is 29.5 Å². The van der Waals surface area contributed by atoms with Crippen molar-refractivity contribution in [1.82, 2.24) is 30.3 Å². The van der Waals surface area contributed by atoms with Gasteiger partial charge in [-0.15, -0.1) is 0 Å². The monoisotopic (exact) mass is 377 g/mol. The van der Waals surface area contributed by atoms with Crippen LogP contribution >= 0.6 is 0 Å². The van der Waals surface area contributed by atoms with Gasteiger partial charge in [0.25, 0.3) is 0 Å². The van der Waals surface area contributed by atoms with Crippen LogP contribution in [0.1, 0.15) is 24.2 Å². The number of nitrogens with zero attached hydrogens (tertiary/aromatic N) is 5. The molecule has 146 valence electrons. The fourth-order valence-corrected chi connectivity index (χ4v) is 3.16. The molecule has 1 aliphatic heterocycles. The smallest absolute Gasteiger partial charge is 0.191 e. The number of aliphatic imine (C=N–C) groups is 1. The van der Waals surface area contributed by atoms with Gasteiger partial charge in [-0.3, -0.25) is 14.6 Å². The molecule has 1 aromatic carbocycles. The van der Waals surface area contributed by atoms with Gasteiger partial charge >= 0.3 is 0 Å². The Morgan fingerprint density at radius 3 is 2.67 bits per heavy atom. The van der Waals surface area contributed by atoms with Crippen molar-refractivity contribution in [2.45, 2.75) is 32.0 Å². The standard InChI is InChI=1S/C18H25F2N7/c1-21-18(22-10-17-23-12-24-26(17)2)25-14-5-7-27(8-6-14)11-13-3-4-15(19)16(20)9-13/h3-4,9,12,14H,5-8,10-11H2,1-2H3,(H2,21,22,25). The van der Waals surface area contributed by atoms with Gasteiger partial charge in [0.1, 0.15) is 12.2 Å². The number of benzene rings is 1. The number of guanidine groups is 1. The van der Waals surface area contributed by atoms with Crippen LogP contribution in [0, 0.1) is 11.6 Å². The van der Waals surface area contributed by atoms with E-state index >= 15 is 0 Å². The number of likely N-dealkylation sites (tertiary alicyclic amines) is 1. The quantitative estimate of drug-likeness (QED) is 0.609. The molecule has 3 rings (SSSR count). The Morgan fingerprint density at radius 1 is 1.26 bits per heavy atom. The van der Waals surface area contributed by atoms with Gasteiger partial charge in [0.2, 0.25) is 0 Å². The lowest BCUT2D eigenvalue weighted by atomic mass is 10.0. The summed E-state index contributed by atoms with van der Waals surface area (Å²) in [5.41, 5.74) is 0.793. The van der Waals surface area contributed by atoms with Crippen molar-refractivity contribution < 1.29 is 8.78 Å². The molecule has 0 radical (unpaired) electrons. The van der Waals surface area contributed by atoms with E-state index in [1.807, 2.05) is 7.05 Å². The fraction of sp³-hybridized carbons (Fsp3) is 0.500. The number of hydrogen-bond donors (Lipinski definition) is 2. The van der Waals surface area contributed by atoms with Gasteiger partial charge in [0, 0.05) is 39.8 Å². The second kappa shape index (κ2) is 8.90. The van der Waals surface area contributed by atoms with E-state index in [1.165, 1.54) is 18.5 Å². The van der Waals surface area contributed by atoms with Crippen LogP contribution in [0.3, 0.4) is 0 Å². The molecule has 2 N–H and O–H groups in total. The number of aryl methyl sites for hydroxylation is 1. The van der Waals surface area contributed by atoms with E-state index in [9.17, 15) is 8.78 Å². The van der Waals surface area contributed by atoms with Gasteiger partial charge in [-0.1, -0.05) is 6.07 Å². The number of rotatable bonds is 5. The average molecular weight is 377 g/mol. The molecule has 27 heavy (non-hydrogen) atoms. The van der Waals surface area contributed by atoms with Gasteiger partial charge in [-0.05, 0) is 30.5 Å². The largest absolute Gasteiger partial charge is 0.354 e. The Hall–Kier alpha value is -2.55. The van der Waals surface area contributed by atoms with Crippen LogP contribution in [-0.2, 0) is 20.1 Å². The predicted octanol–water partition coefficient (Wildman–Crippen LogP) is 1.42. The second-order valence-corrected chi connectivity index (χ2v) is 6.67. The first kappa shape index (κ1) is 19.2. The van der Waals surface area contributed by atoms with Crippen molar-refractivity contribution in [3.8, 4) is 0 Å². The van der Waals surface area contributed by atoms with Gasteiger partial charge in [-0.2, -0.15) is 5.10 Å². The van der Waals surface area contributed by atoms with E-state index in [-0.39, 0.29) is 0 Å². The third kappa shape index (κ3) is 5.22. The highest BCUT2D eigenvalue weighted by Crippen LogP contribution is 2.16. The van der Waals surface area contributed by atoms with Crippen molar-refractivity contribution in [3.05, 3.63) is 47.5 Å². The maximum atomic E-state index is 13.3. The number of hydrogen-bond acceptors (Lipinski definition) is 4. The molecule has 1 saturated heterocycles. The third-order valence-corrected chi connectivity index (χ3v) is 4.76. The van der Waals surface area contributed by atoms with Crippen molar-refractivity contribution in [2.75, 3.05) is 20.1 Å². The molecule has 0 aliphatic carbocycles. The summed E-state index contributed by atoms with van der Waals surface area (Å²) in [6, 6.07) is 4.42. The molecular weight excluding hydrogens is 352 g/mol. The van der Waals surface area contributed by atoms with Crippen LogP contribution in [0.2, 0.25) is 0 Å². The van der Waals surface area contributed by atoms with E-state index in [0.29, 0.717) is 19.1 Å². The summed E-state index contributed by atoms with van der Waals surface area (Å²) >= 11 is 0. The Kier molecular flexibility index (Phi) is 6.33. The van der Waals surface area contributed by atoms with Crippen LogP contribution in [0.25, 0.3) is 0 Å². The molecule has 7 nitrogen and oxygen atoms in total. The van der Waals surface area contributed by atoms with Crippen molar-refractivity contribution in [2.24, 2.45) is 12.0 Å². The number of piperidine rings is 1. The Bertz CT molecular complexity index is 782. The molecule has 0 unspecified atom stereocenters. The lowest BCUT2D eigenvalue weighted by Gasteiger charge is -2.33. The van der Waals surface area contributed by atoms with E-state index in [2.05, 4.69) is 30.6 Å². The summed E-state index contributed by atoms with van der Waals surface area (Å²) in [7, 11) is 3.59. The molecule has 0 bridgehead atoms. The third-order valence-electron chi connectivity index (χ3n) is 4.76. The molecular formula is C18H25F2N7. The molecule has 0 amide bonds. The SMILES string of the molecule is CN=C(NCc1ncnn1C)NC1CCN(Cc2ccc(F)c(F)c2)CC1. The molecule has 2 aromatic rings. The zero-order valence-corrected chi connectivity index (χ0v) is 15.6. The Labute approximate surface area is 157 Å². The highest BCUT2D eigenvalue weighted by Gasteiger charge is 2.20. The summed E-state index contributed by atoms with van der Waals surface area (Å²) in [5.74, 6) is -0.0277. The van der Waals surface area contributed by atoms with E-state index in [0.717, 1.165) is 43.3 Å². The first-order valence-electron chi connectivity index (χ1n) is 9.01. The summed E-state index contributed by atoms with van der Waals surface area (Å²) in [5, 5.41) is 10.7. The Morgan fingerprint density at radius 2 is 2.04 bits per heavy atom. The van der Waals surface area contributed by atoms with Gasteiger partial charge in [0.05, 0.1) is 6.54 Å². The summed E-state index contributed by atoms with van der Waals surface area (Å²) in [6.07, 6.45) is 3.43. The maximum Gasteiger partial charge on any atom is 0.191 e.